The molecule has 3 unspecified atom stereocenters. The SMILES string of the molecule is O=C(NCC1CCN(C2CC2)C1)N1CCCC1C1CCCc2ccccc21. The van der Waals surface area contributed by atoms with Crippen LogP contribution in [0.5, 0.6) is 0 Å². The van der Waals surface area contributed by atoms with Gasteiger partial charge in [0.2, 0.25) is 0 Å². The summed E-state index contributed by atoms with van der Waals surface area (Å²) in [6.07, 6.45) is 10.0. The average Bonchev–Trinajstić information content (AvgIpc) is 3.25. The highest BCUT2D eigenvalue weighted by Gasteiger charge is 2.38. The van der Waals surface area contributed by atoms with Crippen molar-refractivity contribution >= 4 is 6.03 Å². The number of benzene rings is 1. The predicted octanol–water partition coefficient (Wildman–Crippen LogP) is 3.76. The van der Waals surface area contributed by atoms with Crippen LogP contribution < -0.4 is 5.32 Å². The smallest absolute Gasteiger partial charge is 0.317 e. The van der Waals surface area contributed by atoms with Gasteiger partial charge in [0.15, 0.2) is 0 Å². The van der Waals surface area contributed by atoms with E-state index < -0.39 is 0 Å². The number of fused-ring (bicyclic) bond motifs is 1. The maximum absolute atomic E-state index is 13.0. The van der Waals surface area contributed by atoms with Crippen molar-refractivity contribution in [1.82, 2.24) is 15.1 Å². The van der Waals surface area contributed by atoms with E-state index in [0.717, 1.165) is 32.0 Å². The summed E-state index contributed by atoms with van der Waals surface area (Å²) < 4.78 is 0. The summed E-state index contributed by atoms with van der Waals surface area (Å²) in [5, 5.41) is 3.30. The van der Waals surface area contributed by atoms with Gasteiger partial charge in [-0.3, -0.25) is 0 Å². The molecule has 2 saturated heterocycles. The van der Waals surface area contributed by atoms with E-state index in [1.165, 1.54) is 62.7 Å². The van der Waals surface area contributed by atoms with Gasteiger partial charge in [0.25, 0.3) is 0 Å². The second kappa shape index (κ2) is 7.46. The van der Waals surface area contributed by atoms with Gasteiger partial charge in [0.05, 0.1) is 0 Å². The van der Waals surface area contributed by atoms with Gasteiger partial charge in [-0.05, 0) is 75.0 Å². The Hall–Kier alpha value is -1.55. The number of urea groups is 1. The first-order valence-corrected chi connectivity index (χ1v) is 11.2. The summed E-state index contributed by atoms with van der Waals surface area (Å²) in [5.41, 5.74) is 3.01. The number of nitrogens with zero attached hydrogens (tertiary/aromatic N) is 2. The van der Waals surface area contributed by atoms with E-state index in [1.54, 1.807) is 0 Å². The van der Waals surface area contributed by atoms with E-state index in [-0.39, 0.29) is 6.03 Å². The number of carbonyl (C=O) groups is 1. The van der Waals surface area contributed by atoms with Crippen LogP contribution in [0.15, 0.2) is 24.3 Å². The van der Waals surface area contributed by atoms with Crippen molar-refractivity contribution in [2.24, 2.45) is 5.92 Å². The molecular weight excluding hydrogens is 334 g/mol. The maximum atomic E-state index is 13.0. The minimum absolute atomic E-state index is 0.186. The monoisotopic (exact) mass is 367 g/mol. The van der Waals surface area contributed by atoms with Crippen molar-refractivity contribution in [3.63, 3.8) is 0 Å². The zero-order chi connectivity index (χ0) is 18.2. The zero-order valence-corrected chi connectivity index (χ0v) is 16.4. The fourth-order valence-corrected chi connectivity index (χ4v) is 5.79. The summed E-state index contributed by atoms with van der Waals surface area (Å²) in [7, 11) is 0. The molecule has 3 fully saturated rings. The fraction of sp³-hybridized carbons (Fsp3) is 0.696. The van der Waals surface area contributed by atoms with E-state index in [9.17, 15) is 4.79 Å². The molecule has 2 amide bonds. The number of hydrogen-bond donors (Lipinski definition) is 1. The summed E-state index contributed by atoms with van der Waals surface area (Å²) in [4.78, 5) is 17.8. The van der Waals surface area contributed by atoms with E-state index in [2.05, 4.69) is 39.4 Å². The van der Waals surface area contributed by atoms with E-state index >= 15 is 0 Å². The molecule has 27 heavy (non-hydrogen) atoms. The number of nitrogens with one attached hydrogen (secondary N) is 1. The lowest BCUT2D eigenvalue weighted by Crippen LogP contribution is -2.46. The van der Waals surface area contributed by atoms with Gasteiger partial charge in [-0.25, -0.2) is 4.79 Å². The van der Waals surface area contributed by atoms with Crippen molar-refractivity contribution in [3.05, 3.63) is 35.4 Å². The highest BCUT2D eigenvalue weighted by Crippen LogP contribution is 2.39. The number of rotatable bonds is 4. The fourth-order valence-electron chi connectivity index (χ4n) is 5.79. The van der Waals surface area contributed by atoms with Gasteiger partial charge in [-0.15, -0.1) is 0 Å². The highest BCUT2D eigenvalue weighted by atomic mass is 16.2. The summed E-state index contributed by atoms with van der Waals surface area (Å²) in [6, 6.07) is 10.4. The lowest BCUT2D eigenvalue weighted by atomic mass is 9.78. The van der Waals surface area contributed by atoms with Crippen LogP contribution in [0.3, 0.4) is 0 Å². The number of aryl methyl sites for hydroxylation is 1. The molecule has 4 nitrogen and oxygen atoms in total. The summed E-state index contributed by atoms with van der Waals surface area (Å²) in [6.45, 7) is 4.20. The lowest BCUT2D eigenvalue weighted by molar-refractivity contribution is 0.179. The first-order valence-electron chi connectivity index (χ1n) is 11.2. The van der Waals surface area contributed by atoms with Crippen molar-refractivity contribution < 1.29 is 4.79 Å². The van der Waals surface area contributed by atoms with Crippen LogP contribution in [0.4, 0.5) is 4.79 Å². The number of likely N-dealkylation sites (tertiary alicyclic amines) is 2. The topological polar surface area (TPSA) is 35.6 Å². The Bertz CT molecular complexity index is 686. The molecule has 1 aromatic rings. The third-order valence-corrected chi connectivity index (χ3v) is 7.36. The second-order valence-electron chi connectivity index (χ2n) is 9.17. The molecule has 0 aromatic heterocycles. The Morgan fingerprint density at radius 2 is 1.93 bits per heavy atom. The van der Waals surface area contributed by atoms with Crippen LogP contribution in [-0.4, -0.2) is 54.1 Å². The molecule has 4 aliphatic rings. The Morgan fingerprint density at radius 3 is 2.81 bits per heavy atom. The summed E-state index contributed by atoms with van der Waals surface area (Å²) >= 11 is 0. The predicted molar refractivity (Wildman–Crippen MR) is 108 cm³/mol. The summed E-state index contributed by atoms with van der Waals surface area (Å²) in [5.74, 6) is 1.17. The minimum atomic E-state index is 0.186. The molecule has 1 aromatic carbocycles. The van der Waals surface area contributed by atoms with Crippen molar-refractivity contribution in [1.29, 1.82) is 0 Å². The molecule has 5 rings (SSSR count). The maximum Gasteiger partial charge on any atom is 0.317 e. The molecule has 146 valence electrons. The molecule has 0 radical (unpaired) electrons. The third-order valence-electron chi connectivity index (χ3n) is 7.36. The van der Waals surface area contributed by atoms with Crippen LogP contribution in [0.2, 0.25) is 0 Å². The molecule has 3 atom stereocenters. The largest absolute Gasteiger partial charge is 0.338 e. The highest BCUT2D eigenvalue weighted by molar-refractivity contribution is 5.75. The number of amides is 2. The van der Waals surface area contributed by atoms with Crippen LogP contribution >= 0.6 is 0 Å². The van der Waals surface area contributed by atoms with Crippen molar-refractivity contribution in [3.8, 4) is 0 Å². The van der Waals surface area contributed by atoms with E-state index in [1.807, 2.05) is 0 Å². The molecule has 4 heteroatoms. The van der Waals surface area contributed by atoms with Gasteiger partial charge < -0.3 is 15.1 Å². The molecule has 0 bridgehead atoms. The molecular formula is C23H33N3O. The van der Waals surface area contributed by atoms with Crippen molar-refractivity contribution in [2.45, 2.75) is 69.4 Å². The minimum Gasteiger partial charge on any atom is -0.338 e. The molecule has 1 saturated carbocycles. The Balaban J connectivity index is 1.20. The quantitative estimate of drug-likeness (QED) is 0.879. The van der Waals surface area contributed by atoms with Gasteiger partial charge >= 0.3 is 6.03 Å². The Morgan fingerprint density at radius 1 is 1.04 bits per heavy atom. The molecule has 0 spiro atoms. The van der Waals surface area contributed by atoms with Gasteiger partial charge in [-0.1, -0.05) is 24.3 Å². The van der Waals surface area contributed by atoms with Gasteiger partial charge in [0, 0.05) is 37.6 Å². The number of carbonyl (C=O) groups excluding carboxylic acids is 1. The van der Waals surface area contributed by atoms with Crippen LogP contribution in [0.1, 0.15) is 62.0 Å². The Kier molecular flexibility index (Phi) is 4.85. The Labute approximate surface area is 163 Å². The van der Waals surface area contributed by atoms with Crippen LogP contribution in [0, 0.1) is 5.92 Å². The number of hydrogen-bond acceptors (Lipinski definition) is 2. The molecule has 2 heterocycles. The van der Waals surface area contributed by atoms with E-state index in [0.29, 0.717) is 17.9 Å². The molecule has 1 N–H and O–H groups in total. The standard InChI is InChI=1S/C23H33N3O/c27-23(24-15-17-12-14-25(16-17)19-10-11-19)26-13-4-9-22(26)21-8-3-6-18-5-1-2-7-20(18)21/h1-2,5,7,17,19,21-22H,3-4,6,8-16H2,(H,24,27). The second-order valence-corrected chi connectivity index (χ2v) is 9.17. The van der Waals surface area contributed by atoms with Crippen molar-refractivity contribution in [2.75, 3.05) is 26.2 Å². The zero-order valence-electron chi connectivity index (χ0n) is 16.4. The average molecular weight is 368 g/mol. The molecule has 2 aliphatic heterocycles. The molecule has 2 aliphatic carbocycles. The van der Waals surface area contributed by atoms with Gasteiger partial charge in [-0.2, -0.15) is 0 Å². The first kappa shape index (κ1) is 17.5. The lowest BCUT2D eigenvalue weighted by Gasteiger charge is -2.35. The first-order chi connectivity index (χ1) is 13.3. The third kappa shape index (κ3) is 3.61. The van der Waals surface area contributed by atoms with Crippen LogP contribution in [-0.2, 0) is 6.42 Å². The normalized spacial score (nSPS) is 31.1. The van der Waals surface area contributed by atoms with Crippen LogP contribution in [0.25, 0.3) is 0 Å². The van der Waals surface area contributed by atoms with E-state index in [4.69, 9.17) is 0 Å². The van der Waals surface area contributed by atoms with Gasteiger partial charge in [0.1, 0.15) is 0 Å².